The van der Waals surface area contributed by atoms with Gasteiger partial charge in [0.2, 0.25) is 0 Å². The summed E-state index contributed by atoms with van der Waals surface area (Å²) in [5, 5.41) is 19.4. The molecule has 3 atom stereocenters. The van der Waals surface area contributed by atoms with E-state index in [-0.39, 0.29) is 12.1 Å². The molecule has 3 N–H and O–H groups in total. The lowest BCUT2D eigenvalue weighted by Gasteiger charge is -2.46. The van der Waals surface area contributed by atoms with Crippen molar-refractivity contribution >= 4 is 0 Å². The van der Waals surface area contributed by atoms with Crippen molar-refractivity contribution in [3.05, 3.63) is 0 Å². The molecular weight excluding hydrogens is 156 g/mol. The SMILES string of the molecule is CCC1CC(N(C)O)C1N(C)[OH2+]. The average Bonchev–Trinajstić information content (AvgIpc) is 1.83. The van der Waals surface area contributed by atoms with Crippen LogP contribution >= 0.6 is 0 Å². The minimum atomic E-state index is 0.150. The normalized spacial score (nSPS) is 35.8. The lowest BCUT2D eigenvalue weighted by atomic mass is 9.73. The summed E-state index contributed by atoms with van der Waals surface area (Å²) >= 11 is 0. The maximum absolute atomic E-state index is 9.23. The number of hydroxylamine groups is 4. The molecule has 0 spiro atoms. The van der Waals surface area contributed by atoms with Crippen molar-refractivity contribution in [2.24, 2.45) is 5.92 Å². The van der Waals surface area contributed by atoms with Crippen molar-refractivity contribution in [3.8, 4) is 0 Å². The van der Waals surface area contributed by atoms with Gasteiger partial charge in [0.1, 0.15) is 0 Å². The second-order valence-corrected chi connectivity index (χ2v) is 3.65. The van der Waals surface area contributed by atoms with Gasteiger partial charge in [0.25, 0.3) is 0 Å². The molecule has 72 valence electrons. The van der Waals surface area contributed by atoms with Crippen LogP contribution in [0.3, 0.4) is 0 Å². The van der Waals surface area contributed by atoms with Crippen LogP contribution in [0.2, 0.25) is 0 Å². The summed E-state index contributed by atoms with van der Waals surface area (Å²) < 4.78 is 0. The third-order valence-corrected chi connectivity index (χ3v) is 2.87. The van der Waals surface area contributed by atoms with Crippen molar-refractivity contribution < 1.29 is 10.4 Å². The van der Waals surface area contributed by atoms with E-state index in [1.165, 1.54) is 10.1 Å². The van der Waals surface area contributed by atoms with Gasteiger partial charge < -0.3 is 10.4 Å². The Hall–Kier alpha value is -0.160. The minimum absolute atomic E-state index is 0.150. The maximum Gasteiger partial charge on any atom is 0.0979 e. The van der Waals surface area contributed by atoms with Gasteiger partial charge in [-0.15, -0.1) is 0 Å². The highest BCUT2D eigenvalue weighted by Gasteiger charge is 2.46. The Morgan fingerprint density at radius 3 is 2.42 bits per heavy atom. The zero-order valence-electron chi connectivity index (χ0n) is 7.99. The molecule has 0 bridgehead atoms. The first-order chi connectivity index (χ1) is 5.57. The first-order valence-corrected chi connectivity index (χ1v) is 4.43. The lowest BCUT2D eigenvalue weighted by molar-refractivity contribution is -0.228. The third-order valence-electron chi connectivity index (χ3n) is 2.87. The summed E-state index contributed by atoms with van der Waals surface area (Å²) in [5.41, 5.74) is 0. The summed E-state index contributed by atoms with van der Waals surface area (Å²) in [6.07, 6.45) is 2.11. The molecule has 0 heterocycles. The van der Waals surface area contributed by atoms with E-state index in [0.29, 0.717) is 5.92 Å². The topological polar surface area (TPSA) is 49.6 Å². The molecule has 0 aromatic rings. The molecule has 0 aromatic heterocycles. The predicted octanol–water partition coefficient (Wildman–Crippen LogP) is 0.0459. The zero-order chi connectivity index (χ0) is 9.30. The maximum atomic E-state index is 9.23. The molecule has 4 heteroatoms. The zero-order valence-corrected chi connectivity index (χ0v) is 7.99. The highest BCUT2D eigenvalue weighted by molar-refractivity contribution is 4.96. The van der Waals surface area contributed by atoms with Crippen LogP contribution in [0, 0.1) is 5.92 Å². The molecule has 0 amide bonds. The van der Waals surface area contributed by atoms with Crippen molar-refractivity contribution in [2.75, 3.05) is 14.1 Å². The number of likely N-dealkylation sites (N-methyl/N-ethyl adjacent to an activating group) is 2. The van der Waals surface area contributed by atoms with Crippen LogP contribution in [0.4, 0.5) is 0 Å². The van der Waals surface area contributed by atoms with Gasteiger partial charge in [-0.05, 0) is 12.3 Å². The van der Waals surface area contributed by atoms with Crippen LogP contribution in [0.25, 0.3) is 0 Å². The Bertz CT molecular complexity index is 150. The van der Waals surface area contributed by atoms with Crippen LogP contribution in [-0.2, 0) is 0 Å². The van der Waals surface area contributed by atoms with Crippen LogP contribution in [0.5, 0.6) is 0 Å². The van der Waals surface area contributed by atoms with Gasteiger partial charge in [-0.3, -0.25) is 0 Å². The summed E-state index contributed by atoms with van der Waals surface area (Å²) in [4.78, 5) is 0. The number of nitrogens with zero attached hydrogens (tertiary/aromatic N) is 2. The minimum Gasteiger partial charge on any atom is -0.339 e. The standard InChI is InChI=1S/C8H18N2O2/c1-4-6-5-7(9(2)11)8(6)10(3)12/h6-8,11-12H,4-5H2,1-3H3/p+1. The van der Waals surface area contributed by atoms with E-state index in [4.69, 9.17) is 5.21 Å². The fourth-order valence-corrected chi connectivity index (χ4v) is 2.06. The summed E-state index contributed by atoms with van der Waals surface area (Å²) in [7, 11) is 3.41. The largest absolute Gasteiger partial charge is 0.339 e. The first kappa shape index (κ1) is 9.92. The van der Waals surface area contributed by atoms with E-state index in [1.54, 1.807) is 14.1 Å². The van der Waals surface area contributed by atoms with Crippen molar-refractivity contribution in [3.63, 3.8) is 0 Å². The molecule has 3 unspecified atom stereocenters. The molecule has 4 nitrogen and oxygen atoms in total. The molecule has 1 fully saturated rings. The molecule has 0 aromatic carbocycles. The van der Waals surface area contributed by atoms with E-state index >= 15 is 0 Å². The van der Waals surface area contributed by atoms with E-state index in [1.807, 2.05) is 0 Å². The number of rotatable bonds is 3. The smallest absolute Gasteiger partial charge is 0.0979 e. The second-order valence-electron chi connectivity index (χ2n) is 3.65. The van der Waals surface area contributed by atoms with Gasteiger partial charge in [-0.25, -0.2) is 0 Å². The Kier molecular flexibility index (Phi) is 3.06. The van der Waals surface area contributed by atoms with Gasteiger partial charge in [-0.1, -0.05) is 18.4 Å². The summed E-state index contributed by atoms with van der Waals surface area (Å²) in [6, 6.07) is 0.349. The van der Waals surface area contributed by atoms with E-state index in [0.717, 1.165) is 12.8 Å². The van der Waals surface area contributed by atoms with Crippen molar-refractivity contribution in [2.45, 2.75) is 31.8 Å². The fourth-order valence-electron chi connectivity index (χ4n) is 2.06. The molecule has 1 saturated carbocycles. The quantitative estimate of drug-likeness (QED) is 0.487. The van der Waals surface area contributed by atoms with E-state index in [2.05, 4.69) is 6.92 Å². The van der Waals surface area contributed by atoms with Gasteiger partial charge in [0, 0.05) is 7.05 Å². The summed E-state index contributed by atoms with van der Waals surface area (Å²) in [6.45, 7) is 2.13. The molecule has 0 saturated heterocycles. The van der Waals surface area contributed by atoms with Crippen LogP contribution in [0.15, 0.2) is 0 Å². The van der Waals surface area contributed by atoms with Gasteiger partial charge in [0.05, 0.1) is 19.1 Å². The van der Waals surface area contributed by atoms with Crippen molar-refractivity contribution in [1.82, 2.24) is 10.1 Å². The molecule has 12 heavy (non-hydrogen) atoms. The lowest BCUT2D eigenvalue weighted by Crippen LogP contribution is -2.60. The second kappa shape index (κ2) is 3.70. The molecule has 0 radical (unpaired) electrons. The van der Waals surface area contributed by atoms with Gasteiger partial charge >= 0.3 is 0 Å². The number of hydrogen-bond donors (Lipinski definition) is 1. The average molecular weight is 175 g/mol. The van der Waals surface area contributed by atoms with E-state index < -0.39 is 0 Å². The Labute approximate surface area is 73.3 Å². The van der Waals surface area contributed by atoms with Crippen LogP contribution in [-0.4, -0.2) is 46.7 Å². The Morgan fingerprint density at radius 1 is 1.50 bits per heavy atom. The van der Waals surface area contributed by atoms with Gasteiger partial charge in [0.15, 0.2) is 0 Å². The van der Waals surface area contributed by atoms with Crippen molar-refractivity contribution in [1.29, 1.82) is 0 Å². The fraction of sp³-hybridized carbons (Fsp3) is 1.00. The van der Waals surface area contributed by atoms with E-state index in [9.17, 15) is 5.21 Å². The predicted molar refractivity (Wildman–Crippen MR) is 46.9 cm³/mol. The molecule has 1 aliphatic rings. The number of hydrogen-bond acceptors (Lipinski definition) is 3. The highest BCUT2D eigenvalue weighted by Crippen LogP contribution is 2.35. The molecule has 0 aliphatic heterocycles. The third kappa shape index (κ3) is 1.61. The first-order valence-electron chi connectivity index (χ1n) is 4.43. The Balaban J connectivity index is 2.50. The van der Waals surface area contributed by atoms with Crippen LogP contribution in [0.1, 0.15) is 19.8 Å². The highest BCUT2D eigenvalue weighted by atomic mass is 16.5. The monoisotopic (exact) mass is 175 g/mol. The Morgan fingerprint density at radius 2 is 2.08 bits per heavy atom. The van der Waals surface area contributed by atoms with Gasteiger partial charge in [-0.2, -0.15) is 5.06 Å². The van der Waals surface area contributed by atoms with Crippen LogP contribution < -0.4 is 0 Å². The molecule has 1 rings (SSSR count). The molecule has 1 aliphatic carbocycles. The molecular formula is C8H19N2O2+. The summed E-state index contributed by atoms with van der Waals surface area (Å²) in [5.74, 6) is 0.576.